The molecule has 25 heavy (non-hydrogen) atoms. The predicted molar refractivity (Wildman–Crippen MR) is 90.5 cm³/mol. The Morgan fingerprint density at radius 3 is 2.96 bits per heavy atom. The Bertz CT molecular complexity index is 764. The van der Waals surface area contributed by atoms with Crippen LogP contribution in [0.3, 0.4) is 0 Å². The van der Waals surface area contributed by atoms with E-state index in [-0.39, 0.29) is 12.1 Å². The average molecular weight is 345 g/mol. The molecule has 1 unspecified atom stereocenters. The van der Waals surface area contributed by atoms with Gasteiger partial charge in [0.15, 0.2) is 5.76 Å². The normalized spacial score (nSPS) is 20.7. The maximum Gasteiger partial charge on any atom is 0.322 e. The zero-order chi connectivity index (χ0) is 17.4. The van der Waals surface area contributed by atoms with Crippen molar-refractivity contribution in [3.8, 4) is 0 Å². The summed E-state index contributed by atoms with van der Waals surface area (Å²) < 4.78 is 13.0. The third kappa shape index (κ3) is 3.53. The zero-order valence-corrected chi connectivity index (χ0v) is 14.6. The summed E-state index contributed by atoms with van der Waals surface area (Å²) >= 11 is 0. The molecular formula is C17H23N5O3. The second-order valence-electron chi connectivity index (χ2n) is 6.89. The summed E-state index contributed by atoms with van der Waals surface area (Å²) in [5.74, 6) is 1.21. The van der Waals surface area contributed by atoms with Gasteiger partial charge in [-0.25, -0.2) is 4.79 Å². The van der Waals surface area contributed by atoms with Gasteiger partial charge in [-0.05, 0) is 32.3 Å². The fraction of sp³-hybridized carbons (Fsp3) is 0.588. The third-order valence-electron chi connectivity index (χ3n) is 4.65. The lowest BCUT2D eigenvalue weighted by Crippen LogP contribution is -2.48. The van der Waals surface area contributed by atoms with Crippen LogP contribution in [-0.4, -0.2) is 51.7 Å². The van der Waals surface area contributed by atoms with E-state index in [9.17, 15) is 4.79 Å². The van der Waals surface area contributed by atoms with Gasteiger partial charge in [0.25, 0.3) is 0 Å². The summed E-state index contributed by atoms with van der Waals surface area (Å²) in [7, 11) is 0. The van der Waals surface area contributed by atoms with Crippen LogP contribution < -0.4 is 5.32 Å². The second-order valence-corrected chi connectivity index (χ2v) is 6.89. The highest BCUT2D eigenvalue weighted by molar-refractivity contribution is 5.90. The van der Waals surface area contributed by atoms with Gasteiger partial charge in [-0.1, -0.05) is 5.16 Å². The van der Waals surface area contributed by atoms with E-state index < -0.39 is 0 Å². The molecule has 1 saturated carbocycles. The first-order valence-electron chi connectivity index (χ1n) is 8.73. The lowest BCUT2D eigenvalue weighted by atomic mass is 10.2. The SMILES string of the molecule is Cc1cnn(CC2CN(C(=O)Nc3c(C)noc3C3CC3)CCO2)c1. The molecule has 2 aromatic heterocycles. The van der Waals surface area contributed by atoms with Gasteiger partial charge in [-0.3, -0.25) is 4.68 Å². The van der Waals surface area contributed by atoms with Crippen molar-refractivity contribution in [1.29, 1.82) is 0 Å². The Hall–Kier alpha value is -2.35. The number of hydrogen-bond acceptors (Lipinski definition) is 5. The van der Waals surface area contributed by atoms with Crippen molar-refractivity contribution in [3.05, 3.63) is 29.4 Å². The number of urea groups is 1. The number of carbonyl (C=O) groups excluding carboxylic acids is 1. The molecule has 2 aliphatic rings. The van der Waals surface area contributed by atoms with E-state index in [0.717, 1.165) is 35.5 Å². The Morgan fingerprint density at radius 2 is 2.24 bits per heavy atom. The molecule has 0 spiro atoms. The van der Waals surface area contributed by atoms with Gasteiger partial charge in [0.1, 0.15) is 11.4 Å². The molecule has 3 heterocycles. The highest BCUT2D eigenvalue weighted by Gasteiger charge is 2.33. The van der Waals surface area contributed by atoms with E-state index in [2.05, 4.69) is 15.6 Å². The van der Waals surface area contributed by atoms with Gasteiger partial charge in [-0.2, -0.15) is 5.10 Å². The fourth-order valence-electron chi connectivity index (χ4n) is 3.14. The van der Waals surface area contributed by atoms with Crippen LogP contribution in [0.1, 0.15) is 35.8 Å². The number of nitrogens with one attached hydrogen (secondary N) is 1. The van der Waals surface area contributed by atoms with Gasteiger partial charge < -0.3 is 19.5 Å². The standard InChI is InChI=1S/C17H23N5O3/c1-11-7-18-22(8-11)10-14-9-21(5-6-24-14)17(23)19-15-12(2)20-25-16(15)13-3-4-13/h7-8,13-14H,3-6,9-10H2,1-2H3,(H,19,23). The molecule has 0 aromatic carbocycles. The fourth-order valence-corrected chi connectivity index (χ4v) is 3.14. The van der Waals surface area contributed by atoms with Crippen molar-refractivity contribution in [2.45, 2.75) is 45.3 Å². The van der Waals surface area contributed by atoms with Crippen LogP contribution in [0.4, 0.5) is 10.5 Å². The van der Waals surface area contributed by atoms with Gasteiger partial charge in [0, 0.05) is 18.7 Å². The van der Waals surface area contributed by atoms with Gasteiger partial charge >= 0.3 is 6.03 Å². The molecule has 0 radical (unpaired) electrons. The van der Waals surface area contributed by atoms with E-state index in [0.29, 0.717) is 32.2 Å². The number of morpholine rings is 1. The molecule has 2 fully saturated rings. The van der Waals surface area contributed by atoms with Crippen LogP contribution in [-0.2, 0) is 11.3 Å². The van der Waals surface area contributed by atoms with Crippen LogP contribution in [0.15, 0.2) is 16.9 Å². The minimum atomic E-state index is -0.127. The number of aryl methyl sites for hydroxylation is 2. The number of ether oxygens (including phenoxy) is 1. The topological polar surface area (TPSA) is 85.4 Å². The average Bonchev–Trinajstić information content (AvgIpc) is 3.27. The maximum atomic E-state index is 12.7. The Morgan fingerprint density at radius 1 is 1.40 bits per heavy atom. The molecule has 4 rings (SSSR count). The van der Waals surface area contributed by atoms with E-state index in [1.807, 2.05) is 30.9 Å². The molecule has 8 heteroatoms. The summed E-state index contributed by atoms with van der Waals surface area (Å²) in [6, 6.07) is -0.127. The van der Waals surface area contributed by atoms with Gasteiger partial charge in [0.05, 0.1) is 32.0 Å². The number of carbonyl (C=O) groups is 1. The second kappa shape index (κ2) is 6.51. The molecule has 2 aromatic rings. The van der Waals surface area contributed by atoms with E-state index in [1.54, 1.807) is 4.90 Å². The van der Waals surface area contributed by atoms with Gasteiger partial charge in [0.2, 0.25) is 0 Å². The van der Waals surface area contributed by atoms with Crippen molar-refractivity contribution in [2.75, 3.05) is 25.0 Å². The van der Waals surface area contributed by atoms with E-state index in [4.69, 9.17) is 9.26 Å². The number of aromatic nitrogens is 3. The zero-order valence-electron chi connectivity index (χ0n) is 14.6. The molecule has 1 aliphatic heterocycles. The minimum Gasteiger partial charge on any atom is -0.373 e. The first-order valence-corrected chi connectivity index (χ1v) is 8.73. The molecule has 1 saturated heterocycles. The quantitative estimate of drug-likeness (QED) is 0.919. The Balaban J connectivity index is 1.39. The Kier molecular flexibility index (Phi) is 4.20. The monoisotopic (exact) mass is 345 g/mol. The summed E-state index contributed by atoms with van der Waals surface area (Å²) in [6.45, 7) is 6.13. The van der Waals surface area contributed by atoms with E-state index >= 15 is 0 Å². The molecule has 8 nitrogen and oxygen atoms in total. The number of amides is 2. The molecule has 134 valence electrons. The molecule has 2 amide bonds. The van der Waals surface area contributed by atoms with Crippen molar-refractivity contribution in [2.24, 2.45) is 0 Å². The number of anilines is 1. The molecule has 0 bridgehead atoms. The lowest BCUT2D eigenvalue weighted by Gasteiger charge is -2.32. The smallest absolute Gasteiger partial charge is 0.322 e. The van der Waals surface area contributed by atoms with Crippen molar-refractivity contribution in [1.82, 2.24) is 19.8 Å². The summed E-state index contributed by atoms with van der Waals surface area (Å²) in [5, 5.41) is 11.3. The molecule has 1 aliphatic carbocycles. The maximum absolute atomic E-state index is 12.7. The Labute approximate surface area is 146 Å². The summed E-state index contributed by atoms with van der Waals surface area (Å²) in [5.41, 5.74) is 2.58. The van der Waals surface area contributed by atoms with Crippen molar-refractivity contribution in [3.63, 3.8) is 0 Å². The number of hydrogen-bond donors (Lipinski definition) is 1. The molecule has 1 atom stereocenters. The molecule has 1 N–H and O–H groups in total. The van der Waals surface area contributed by atoms with Crippen LogP contribution in [0.2, 0.25) is 0 Å². The van der Waals surface area contributed by atoms with E-state index in [1.165, 1.54) is 0 Å². The first-order chi connectivity index (χ1) is 12.1. The predicted octanol–water partition coefficient (Wildman–Crippen LogP) is 2.30. The van der Waals surface area contributed by atoms with Crippen LogP contribution in [0.25, 0.3) is 0 Å². The molecular weight excluding hydrogens is 322 g/mol. The van der Waals surface area contributed by atoms with Crippen molar-refractivity contribution >= 4 is 11.7 Å². The highest BCUT2D eigenvalue weighted by atomic mass is 16.5. The number of rotatable bonds is 4. The summed E-state index contributed by atoms with van der Waals surface area (Å²) in [4.78, 5) is 14.5. The third-order valence-corrected chi connectivity index (χ3v) is 4.65. The summed E-state index contributed by atoms with van der Waals surface area (Å²) in [6.07, 6.45) is 5.93. The lowest BCUT2D eigenvalue weighted by molar-refractivity contribution is -0.0219. The van der Waals surface area contributed by atoms with Crippen molar-refractivity contribution < 1.29 is 14.1 Å². The minimum absolute atomic E-state index is 0.0646. The van der Waals surface area contributed by atoms with Crippen LogP contribution in [0, 0.1) is 13.8 Å². The van der Waals surface area contributed by atoms with Gasteiger partial charge in [-0.15, -0.1) is 0 Å². The highest BCUT2D eigenvalue weighted by Crippen LogP contribution is 2.44. The van der Waals surface area contributed by atoms with Crippen LogP contribution >= 0.6 is 0 Å². The largest absolute Gasteiger partial charge is 0.373 e. The first kappa shape index (κ1) is 16.1. The van der Waals surface area contributed by atoms with Crippen LogP contribution in [0.5, 0.6) is 0 Å². The number of nitrogens with zero attached hydrogens (tertiary/aromatic N) is 4.